The van der Waals surface area contributed by atoms with Crippen LogP contribution in [-0.4, -0.2) is 23.4 Å². The topological polar surface area (TPSA) is 109 Å². The molecule has 2 heterocycles. The minimum atomic E-state index is -3.70. The molecule has 0 saturated carbocycles. The summed E-state index contributed by atoms with van der Waals surface area (Å²) in [6.45, 7) is 5.67. The molecule has 0 bridgehead atoms. The summed E-state index contributed by atoms with van der Waals surface area (Å²) >= 11 is 0. The standard InChI is InChI=1S/C24H24N6O2S/c1-16-12-18(3)21(13-17(16)2)33(31,32)30-20-9-7-19(8-10-20)28-23-14-24(27-15-26-23)29-22-6-4-5-11-25-22/h4-15,30H,1-3H3,(H2,25,26,27,28,29). The lowest BCUT2D eigenvalue weighted by Gasteiger charge is -2.13. The minimum absolute atomic E-state index is 0.279. The highest BCUT2D eigenvalue weighted by Crippen LogP contribution is 2.24. The second-order valence-electron chi connectivity index (χ2n) is 7.64. The van der Waals surface area contributed by atoms with E-state index in [-0.39, 0.29) is 4.90 Å². The van der Waals surface area contributed by atoms with Crippen molar-refractivity contribution in [3.63, 3.8) is 0 Å². The summed E-state index contributed by atoms with van der Waals surface area (Å²) in [4.78, 5) is 12.9. The average Bonchev–Trinajstić information content (AvgIpc) is 2.78. The number of hydrogen-bond acceptors (Lipinski definition) is 7. The highest BCUT2D eigenvalue weighted by Gasteiger charge is 2.18. The number of anilines is 5. The number of rotatable bonds is 7. The Bertz CT molecular complexity index is 1370. The first-order chi connectivity index (χ1) is 15.8. The van der Waals surface area contributed by atoms with Crippen molar-refractivity contribution in [2.24, 2.45) is 0 Å². The molecular formula is C24H24N6O2S. The summed E-state index contributed by atoms with van der Waals surface area (Å²) in [5.74, 6) is 1.86. The molecule has 0 saturated heterocycles. The van der Waals surface area contributed by atoms with E-state index in [4.69, 9.17) is 0 Å². The fourth-order valence-corrected chi connectivity index (χ4v) is 4.64. The van der Waals surface area contributed by atoms with Gasteiger partial charge < -0.3 is 10.6 Å². The molecule has 0 spiro atoms. The van der Waals surface area contributed by atoms with Crippen molar-refractivity contribution in [1.29, 1.82) is 0 Å². The van der Waals surface area contributed by atoms with Crippen molar-refractivity contribution < 1.29 is 8.42 Å². The monoisotopic (exact) mass is 460 g/mol. The molecular weight excluding hydrogens is 436 g/mol. The second-order valence-corrected chi connectivity index (χ2v) is 9.29. The molecule has 0 aliphatic rings. The number of aryl methyl sites for hydroxylation is 3. The predicted molar refractivity (Wildman–Crippen MR) is 131 cm³/mol. The van der Waals surface area contributed by atoms with Gasteiger partial charge in [0.25, 0.3) is 10.0 Å². The summed E-state index contributed by atoms with van der Waals surface area (Å²) in [6, 6.07) is 17.9. The van der Waals surface area contributed by atoms with Gasteiger partial charge in [-0.15, -0.1) is 0 Å². The van der Waals surface area contributed by atoms with Crippen LogP contribution in [0.25, 0.3) is 0 Å². The van der Waals surface area contributed by atoms with Crippen LogP contribution in [0.4, 0.5) is 28.8 Å². The van der Waals surface area contributed by atoms with Crippen LogP contribution >= 0.6 is 0 Å². The Balaban J connectivity index is 1.46. The minimum Gasteiger partial charge on any atom is -0.340 e. The smallest absolute Gasteiger partial charge is 0.262 e. The zero-order valence-electron chi connectivity index (χ0n) is 18.5. The third kappa shape index (κ3) is 5.45. The quantitative estimate of drug-likeness (QED) is 0.353. The van der Waals surface area contributed by atoms with E-state index in [1.165, 1.54) is 6.33 Å². The fourth-order valence-electron chi connectivity index (χ4n) is 3.27. The maximum Gasteiger partial charge on any atom is 0.262 e. The molecule has 0 radical (unpaired) electrons. The molecule has 2 aromatic heterocycles. The summed E-state index contributed by atoms with van der Waals surface area (Å²) in [7, 11) is -3.70. The Morgan fingerprint density at radius 2 is 1.33 bits per heavy atom. The van der Waals surface area contributed by atoms with Gasteiger partial charge in [-0.1, -0.05) is 12.1 Å². The lowest BCUT2D eigenvalue weighted by atomic mass is 10.1. The van der Waals surface area contributed by atoms with E-state index in [0.29, 0.717) is 28.7 Å². The van der Waals surface area contributed by atoms with Gasteiger partial charge in [0.1, 0.15) is 23.8 Å². The van der Waals surface area contributed by atoms with Crippen molar-refractivity contribution in [1.82, 2.24) is 15.0 Å². The van der Waals surface area contributed by atoms with Crippen LogP contribution in [0.1, 0.15) is 16.7 Å². The normalized spacial score (nSPS) is 11.1. The molecule has 4 aromatic rings. The zero-order valence-corrected chi connectivity index (χ0v) is 19.3. The fraction of sp³-hybridized carbons (Fsp3) is 0.125. The van der Waals surface area contributed by atoms with Gasteiger partial charge in [0.05, 0.1) is 4.90 Å². The Labute approximate surface area is 193 Å². The number of nitrogens with one attached hydrogen (secondary N) is 3. The molecule has 0 atom stereocenters. The molecule has 0 aliphatic heterocycles. The SMILES string of the molecule is Cc1cc(C)c(S(=O)(=O)Nc2ccc(Nc3cc(Nc4ccccn4)ncn3)cc2)cc1C. The summed E-state index contributed by atoms with van der Waals surface area (Å²) in [5, 5.41) is 6.30. The Kier molecular flexibility index (Phi) is 6.23. The van der Waals surface area contributed by atoms with E-state index >= 15 is 0 Å². The molecule has 0 aliphatic carbocycles. The summed E-state index contributed by atoms with van der Waals surface area (Å²) < 4.78 is 28.4. The lowest BCUT2D eigenvalue weighted by Crippen LogP contribution is -2.14. The molecule has 168 valence electrons. The van der Waals surface area contributed by atoms with E-state index in [1.54, 1.807) is 49.5 Å². The molecule has 3 N–H and O–H groups in total. The van der Waals surface area contributed by atoms with Crippen LogP contribution in [0.5, 0.6) is 0 Å². The Morgan fingerprint density at radius 3 is 2.03 bits per heavy atom. The predicted octanol–water partition coefficient (Wildman–Crippen LogP) is 5.08. The van der Waals surface area contributed by atoms with Gasteiger partial charge in [0, 0.05) is 23.6 Å². The van der Waals surface area contributed by atoms with Crippen LogP contribution in [0.15, 0.2) is 78.1 Å². The van der Waals surface area contributed by atoms with E-state index in [9.17, 15) is 8.42 Å². The van der Waals surface area contributed by atoms with Gasteiger partial charge in [0.2, 0.25) is 0 Å². The van der Waals surface area contributed by atoms with E-state index < -0.39 is 10.0 Å². The third-order valence-electron chi connectivity index (χ3n) is 5.08. The first kappa shape index (κ1) is 22.2. The van der Waals surface area contributed by atoms with E-state index in [1.807, 2.05) is 38.1 Å². The van der Waals surface area contributed by atoms with Crippen molar-refractivity contribution in [3.8, 4) is 0 Å². The number of nitrogens with zero attached hydrogens (tertiary/aromatic N) is 3. The van der Waals surface area contributed by atoms with Crippen LogP contribution in [0.2, 0.25) is 0 Å². The molecule has 0 amide bonds. The molecule has 33 heavy (non-hydrogen) atoms. The third-order valence-corrected chi connectivity index (χ3v) is 6.60. The number of sulfonamides is 1. The highest BCUT2D eigenvalue weighted by atomic mass is 32.2. The van der Waals surface area contributed by atoms with Crippen molar-refractivity contribution >= 4 is 38.9 Å². The van der Waals surface area contributed by atoms with Crippen molar-refractivity contribution in [2.75, 3.05) is 15.4 Å². The first-order valence-electron chi connectivity index (χ1n) is 10.3. The zero-order chi connectivity index (χ0) is 23.4. The molecule has 0 fully saturated rings. The van der Waals surface area contributed by atoms with Gasteiger partial charge in [-0.05, 0) is 79.9 Å². The van der Waals surface area contributed by atoms with E-state index in [2.05, 4.69) is 30.3 Å². The van der Waals surface area contributed by atoms with Gasteiger partial charge in [-0.25, -0.2) is 23.4 Å². The second kappa shape index (κ2) is 9.25. The Hall–Kier alpha value is -3.98. The van der Waals surface area contributed by atoms with Crippen molar-refractivity contribution in [2.45, 2.75) is 25.7 Å². The van der Waals surface area contributed by atoms with Crippen LogP contribution < -0.4 is 15.4 Å². The summed E-state index contributed by atoms with van der Waals surface area (Å²) in [6.07, 6.45) is 3.14. The number of benzene rings is 2. The van der Waals surface area contributed by atoms with Gasteiger partial charge in [0.15, 0.2) is 0 Å². The van der Waals surface area contributed by atoms with Crippen LogP contribution in [-0.2, 0) is 10.0 Å². The van der Waals surface area contributed by atoms with Crippen LogP contribution in [0, 0.1) is 20.8 Å². The number of pyridine rings is 1. The van der Waals surface area contributed by atoms with E-state index in [0.717, 1.165) is 16.8 Å². The molecule has 2 aromatic carbocycles. The average molecular weight is 461 g/mol. The van der Waals surface area contributed by atoms with Crippen molar-refractivity contribution in [3.05, 3.63) is 89.9 Å². The Morgan fingerprint density at radius 1 is 0.667 bits per heavy atom. The maximum absolute atomic E-state index is 12.9. The molecule has 0 unspecified atom stereocenters. The number of aromatic nitrogens is 3. The first-order valence-corrected chi connectivity index (χ1v) is 11.8. The van der Waals surface area contributed by atoms with Crippen LogP contribution in [0.3, 0.4) is 0 Å². The maximum atomic E-state index is 12.9. The largest absolute Gasteiger partial charge is 0.340 e. The number of hydrogen-bond donors (Lipinski definition) is 3. The van der Waals surface area contributed by atoms with Gasteiger partial charge in [-0.2, -0.15) is 0 Å². The van der Waals surface area contributed by atoms with Gasteiger partial charge >= 0.3 is 0 Å². The van der Waals surface area contributed by atoms with Gasteiger partial charge in [-0.3, -0.25) is 4.72 Å². The summed E-state index contributed by atoms with van der Waals surface area (Å²) in [5.41, 5.74) is 3.93. The lowest BCUT2D eigenvalue weighted by molar-refractivity contribution is 0.600. The molecule has 8 nitrogen and oxygen atoms in total. The highest BCUT2D eigenvalue weighted by molar-refractivity contribution is 7.92. The molecule has 9 heteroatoms. The molecule has 4 rings (SSSR count).